The molecular formula is C38H49F3N4O5S. The Balaban J connectivity index is 1.65. The van der Waals surface area contributed by atoms with Crippen LogP contribution in [0.2, 0.25) is 0 Å². The van der Waals surface area contributed by atoms with Gasteiger partial charge < -0.3 is 20.6 Å². The molecular weight excluding hydrogens is 682 g/mol. The fraction of sp³-hybridized carbons (Fsp3) is 0.474. The highest BCUT2D eigenvalue weighted by Crippen LogP contribution is 2.32. The molecule has 278 valence electrons. The molecule has 1 heterocycles. The van der Waals surface area contributed by atoms with Crippen LogP contribution in [0.5, 0.6) is 0 Å². The average Bonchev–Trinajstić information content (AvgIpc) is 3.09. The molecule has 2 amide bonds. The quantitative estimate of drug-likeness (QED) is 0.173. The Hall–Kier alpha value is -3.94. The highest BCUT2D eigenvalue weighted by molar-refractivity contribution is 7.92. The van der Waals surface area contributed by atoms with Crippen LogP contribution in [-0.2, 0) is 28.2 Å². The van der Waals surface area contributed by atoms with Crippen LogP contribution in [0.3, 0.4) is 0 Å². The van der Waals surface area contributed by atoms with Crippen molar-refractivity contribution in [2.75, 3.05) is 36.2 Å². The van der Waals surface area contributed by atoms with Gasteiger partial charge in [-0.25, -0.2) is 8.42 Å². The molecule has 1 saturated heterocycles. The van der Waals surface area contributed by atoms with E-state index in [0.717, 1.165) is 30.5 Å². The third-order valence-corrected chi connectivity index (χ3v) is 11.0. The third kappa shape index (κ3) is 10.6. The topological polar surface area (TPSA) is 119 Å². The van der Waals surface area contributed by atoms with Gasteiger partial charge in [0.2, 0.25) is 10.0 Å². The number of halogens is 3. The van der Waals surface area contributed by atoms with Crippen molar-refractivity contribution in [3.8, 4) is 0 Å². The lowest BCUT2D eigenvalue weighted by Crippen LogP contribution is -2.51. The van der Waals surface area contributed by atoms with Crippen LogP contribution in [-0.4, -0.2) is 74.3 Å². The lowest BCUT2D eigenvalue weighted by Gasteiger charge is -2.32. The molecule has 0 bridgehead atoms. The van der Waals surface area contributed by atoms with Crippen LogP contribution >= 0.6 is 0 Å². The lowest BCUT2D eigenvalue weighted by atomic mass is 9.92. The zero-order chi connectivity index (χ0) is 37.4. The van der Waals surface area contributed by atoms with Gasteiger partial charge in [-0.3, -0.25) is 13.9 Å². The van der Waals surface area contributed by atoms with Crippen molar-refractivity contribution in [2.45, 2.75) is 83.7 Å². The monoisotopic (exact) mass is 730 g/mol. The molecule has 4 rings (SSSR count). The van der Waals surface area contributed by atoms with Gasteiger partial charge in [-0.05, 0) is 87.4 Å². The predicted octanol–water partition coefficient (Wildman–Crippen LogP) is 6.12. The second-order valence-corrected chi connectivity index (χ2v) is 15.6. The molecule has 3 aromatic rings. The summed E-state index contributed by atoms with van der Waals surface area (Å²) in [6.07, 6.45) is -2.91. The van der Waals surface area contributed by atoms with Crippen molar-refractivity contribution in [1.82, 2.24) is 15.5 Å². The Morgan fingerprint density at radius 2 is 1.55 bits per heavy atom. The van der Waals surface area contributed by atoms with E-state index in [4.69, 9.17) is 0 Å². The summed E-state index contributed by atoms with van der Waals surface area (Å²) in [6.45, 7) is 8.46. The number of amides is 2. The number of rotatable bonds is 15. The second kappa shape index (κ2) is 17.1. The van der Waals surface area contributed by atoms with E-state index >= 15 is 0 Å². The van der Waals surface area contributed by atoms with Crippen molar-refractivity contribution in [2.24, 2.45) is 0 Å². The molecule has 2 atom stereocenters. The minimum absolute atomic E-state index is 0.0420. The van der Waals surface area contributed by atoms with E-state index in [1.807, 2.05) is 44.2 Å². The Morgan fingerprint density at radius 1 is 0.902 bits per heavy atom. The molecule has 51 heavy (non-hydrogen) atoms. The number of carbonyl (C=O) groups excluding carboxylic acids is 2. The van der Waals surface area contributed by atoms with E-state index in [9.17, 15) is 36.3 Å². The summed E-state index contributed by atoms with van der Waals surface area (Å²) in [5.41, 5.74) is -0.0987. The Kier molecular flexibility index (Phi) is 13.3. The minimum Gasteiger partial charge on any atom is -0.390 e. The Bertz CT molecular complexity index is 1750. The Morgan fingerprint density at radius 3 is 2.18 bits per heavy atom. The predicted molar refractivity (Wildman–Crippen MR) is 193 cm³/mol. The number of aliphatic hydroxyl groups is 1. The number of carbonyl (C=O) groups is 2. The van der Waals surface area contributed by atoms with E-state index in [-0.39, 0.29) is 48.0 Å². The van der Waals surface area contributed by atoms with Gasteiger partial charge in [-0.2, -0.15) is 13.2 Å². The number of aliphatic hydroxyl groups excluding tert-OH is 1. The molecule has 3 aromatic carbocycles. The summed E-state index contributed by atoms with van der Waals surface area (Å²) in [4.78, 5) is 29.5. The SMILES string of the molecule is CCCN(CCC)C(=O)c1cc(C(=O)N[C@@H](Cc2ccccc2)[C@H](O)CNC(C)(C)c2cccc(C(F)(F)F)c2)cc(N2CCCCS2(=O)=O)c1. The van der Waals surface area contributed by atoms with Crippen LogP contribution in [0.15, 0.2) is 72.8 Å². The molecule has 0 aromatic heterocycles. The first-order valence-corrected chi connectivity index (χ1v) is 19.1. The van der Waals surface area contributed by atoms with Crippen molar-refractivity contribution in [1.29, 1.82) is 0 Å². The molecule has 0 spiro atoms. The molecule has 13 heteroatoms. The first kappa shape index (κ1) is 39.8. The van der Waals surface area contributed by atoms with Gasteiger partial charge >= 0.3 is 6.18 Å². The number of anilines is 1. The first-order valence-electron chi connectivity index (χ1n) is 17.5. The van der Waals surface area contributed by atoms with Crippen LogP contribution in [0, 0.1) is 0 Å². The maximum Gasteiger partial charge on any atom is 0.416 e. The molecule has 0 aliphatic carbocycles. The number of nitrogens with zero attached hydrogens (tertiary/aromatic N) is 2. The van der Waals surface area contributed by atoms with E-state index in [2.05, 4.69) is 10.6 Å². The highest BCUT2D eigenvalue weighted by atomic mass is 32.2. The summed E-state index contributed by atoms with van der Waals surface area (Å²) < 4.78 is 67.8. The van der Waals surface area contributed by atoms with Gasteiger partial charge in [0.1, 0.15) is 0 Å². The normalized spacial score (nSPS) is 16.0. The summed E-state index contributed by atoms with van der Waals surface area (Å²) in [5, 5.41) is 17.6. The van der Waals surface area contributed by atoms with Crippen LogP contribution in [0.1, 0.15) is 90.8 Å². The molecule has 1 aliphatic heterocycles. The van der Waals surface area contributed by atoms with E-state index in [0.29, 0.717) is 31.5 Å². The van der Waals surface area contributed by atoms with Gasteiger partial charge in [0.25, 0.3) is 11.8 Å². The van der Waals surface area contributed by atoms with E-state index < -0.39 is 45.4 Å². The van der Waals surface area contributed by atoms with Crippen LogP contribution in [0.25, 0.3) is 0 Å². The Labute approximate surface area is 299 Å². The maximum atomic E-state index is 14.1. The summed E-state index contributed by atoms with van der Waals surface area (Å²) in [5.74, 6) is -0.972. The third-order valence-electron chi connectivity index (χ3n) is 9.08. The van der Waals surface area contributed by atoms with Crippen molar-refractivity contribution < 1.29 is 36.3 Å². The first-order chi connectivity index (χ1) is 24.1. The van der Waals surface area contributed by atoms with Gasteiger partial charge in [0.05, 0.1) is 29.1 Å². The van der Waals surface area contributed by atoms with E-state index in [1.165, 1.54) is 28.6 Å². The largest absolute Gasteiger partial charge is 0.416 e. The van der Waals surface area contributed by atoms with Gasteiger partial charge in [0.15, 0.2) is 0 Å². The summed E-state index contributed by atoms with van der Waals surface area (Å²) >= 11 is 0. The highest BCUT2D eigenvalue weighted by Gasteiger charge is 2.33. The fourth-order valence-corrected chi connectivity index (χ4v) is 7.84. The lowest BCUT2D eigenvalue weighted by molar-refractivity contribution is -0.137. The van der Waals surface area contributed by atoms with Crippen molar-refractivity contribution in [3.05, 3.63) is 101 Å². The number of hydrogen-bond donors (Lipinski definition) is 3. The molecule has 0 unspecified atom stereocenters. The molecule has 0 saturated carbocycles. The average molecular weight is 731 g/mol. The van der Waals surface area contributed by atoms with Crippen LogP contribution in [0.4, 0.5) is 18.9 Å². The van der Waals surface area contributed by atoms with Crippen molar-refractivity contribution >= 4 is 27.5 Å². The number of hydrogen-bond acceptors (Lipinski definition) is 6. The zero-order valence-electron chi connectivity index (χ0n) is 29.7. The number of alkyl halides is 3. The zero-order valence-corrected chi connectivity index (χ0v) is 30.5. The van der Waals surface area contributed by atoms with Gasteiger partial charge in [0, 0.05) is 42.8 Å². The standard InChI is InChI=1S/C38H49F3N4O5S/c1-5-17-44(18-6-2)36(48)29-22-28(23-32(24-29)45-19-10-11-20-51(45,49)50)35(47)43-33(21-27-13-8-7-9-14-27)34(46)26-42-37(3,4)30-15-12-16-31(25-30)38(39,40)41/h7-9,12-16,22-25,33-34,42,46H,5-6,10-11,17-21,26H2,1-4H3,(H,43,47)/t33-,34+/m0/s1. The smallest absolute Gasteiger partial charge is 0.390 e. The van der Waals surface area contributed by atoms with Crippen molar-refractivity contribution in [3.63, 3.8) is 0 Å². The van der Waals surface area contributed by atoms with Crippen LogP contribution < -0.4 is 14.9 Å². The van der Waals surface area contributed by atoms with E-state index in [1.54, 1.807) is 24.8 Å². The minimum atomic E-state index is -4.51. The molecule has 0 radical (unpaired) electrons. The summed E-state index contributed by atoms with van der Waals surface area (Å²) in [6, 6.07) is 17.7. The van der Waals surface area contributed by atoms with Gasteiger partial charge in [-0.15, -0.1) is 0 Å². The maximum absolute atomic E-state index is 14.1. The molecule has 1 fully saturated rings. The fourth-order valence-electron chi connectivity index (χ4n) is 6.22. The summed E-state index contributed by atoms with van der Waals surface area (Å²) in [7, 11) is -3.67. The number of benzene rings is 3. The molecule has 9 nitrogen and oxygen atoms in total. The second-order valence-electron chi connectivity index (χ2n) is 13.6. The number of sulfonamides is 1. The molecule has 1 aliphatic rings. The number of nitrogens with one attached hydrogen (secondary N) is 2. The molecule has 3 N–H and O–H groups in total. The van der Waals surface area contributed by atoms with Gasteiger partial charge in [-0.1, -0.05) is 56.3 Å².